The molecule has 1 aromatic rings. The van der Waals surface area contributed by atoms with Crippen LogP contribution in [0.15, 0.2) is 0 Å². The van der Waals surface area contributed by atoms with Gasteiger partial charge in [-0.1, -0.05) is 6.42 Å². The minimum Gasteiger partial charge on any atom is -0.369 e. The second-order valence-electron chi connectivity index (χ2n) is 3.03. The number of aromatic nitrogens is 3. The average molecular weight is 182 g/mol. The zero-order chi connectivity index (χ0) is 8.55. The Kier molecular flexibility index (Phi) is 1.80. The summed E-state index contributed by atoms with van der Waals surface area (Å²) in [5.41, 5.74) is 5.50. The molecule has 1 fully saturated rings. The molecule has 1 saturated carbocycles. The van der Waals surface area contributed by atoms with E-state index in [1.54, 1.807) is 0 Å². The fourth-order valence-corrected chi connectivity index (χ4v) is 1.49. The summed E-state index contributed by atoms with van der Waals surface area (Å²) in [5, 5.41) is 0. The second-order valence-corrected chi connectivity index (χ2v) is 3.39. The van der Waals surface area contributed by atoms with Crippen LogP contribution < -0.4 is 5.73 Å². The molecule has 64 valence electrons. The van der Waals surface area contributed by atoms with E-state index in [0.29, 0.717) is 16.6 Å². The number of nitrogen functional groups attached to an aromatic ring is 1. The number of nitrogens with one attached hydrogen (secondary N) is 1. The van der Waals surface area contributed by atoms with Crippen LogP contribution in [0.25, 0.3) is 0 Å². The van der Waals surface area contributed by atoms with Gasteiger partial charge in [0.25, 0.3) is 0 Å². The fourth-order valence-electron chi connectivity index (χ4n) is 1.29. The van der Waals surface area contributed by atoms with E-state index in [0.717, 1.165) is 5.82 Å². The van der Waals surface area contributed by atoms with Crippen molar-refractivity contribution >= 4 is 18.2 Å². The molecular formula is C7H10N4S. The molecule has 1 heterocycles. The molecule has 2 rings (SSSR count). The molecule has 0 unspecified atom stereocenters. The van der Waals surface area contributed by atoms with Crippen molar-refractivity contribution in [2.24, 2.45) is 0 Å². The summed E-state index contributed by atoms with van der Waals surface area (Å²) < 4.78 is 0.341. The van der Waals surface area contributed by atoms with Crippen molar-refractivity contribution in [3.05, 3.63) is 10.6 Å². The van der Waals surface area contributed by atoms with Gasteiger partial charge in [-0.15, -0.1) is 0 Å². The van der Waals surface area contributed by atoms with Gasteiger partial charge in [-0.3, -0.25) is 0 Å². The average Bonchev–Trinajstić information content (AvgIpc) is 1.79. The normalized spacial score (nSPS) is 17.3. The smallest absolute Gasteiger partial charge is 0.224 e. The molecular weight excluding hydrogens is 172 g/mol. The zero-order valence-electron chi connectivity index (χ0n) is 6.58. The fraction of sp³-hybridized carbons (Fsp3) is 0.571. The van der Waals surface area contributed by atoms with Crippen molar-refractivity contribution in [2.45, 2.75) is 25.2 Å². The number of nitrogens with two attached hydrogens (primary N) is 1. The Bertz CT molecular complexity index is 342. The third-order valence-corrected chi connectivity index (χ3v) is 2.36. The van der Waals surface area contributed by atoms with E-state index in [9.17, 15) is 0 Å². The van der Waals surface area contributed by atoms with E-state index in [1.807, 2.05) is 0 Å². The van der Waals surface area contributed by atoms with E-state index >= 15 is 0 Å². The van der Waals surface area contributed by atoms with E-state index in [-0.39, 0.29) is 0 Å². The van der Waals surface area contributed by atoms with Gasteiger partial charge in [0.2, 0.25) is 10.7 Å². The number of aromatic amines is 1. The number of hydrogen-bond acceptors (Lipinski definition) is 4. The summed E-state index contributed by atoms with van der Waals surface area (Å²) in [5.74, 6) is 1.80. The minimum atomic E-state index is 0.341. The van der Waals surface area contributed by atoms with Crippen molar-refractivity contribution in [3.8, 4) is 0 Å². The molecule has 4 nitrogen and oxygen atoms in total. The Morgan fingerprint density at radius 3 is 2.67 bits per heavy atom. The highest BCUT2D eigenvalue weighted by Crippen LogP contribution is 2.33. The summed E-state index contributed by atoms with van der Waals surface area (Å²) in [6, 6.07) is 0. The maximum absolute atomic E-state index is 5.50. The Morgan fingerprint density at radius 1 is 1.42 bits per heavy atom. The van der Waals surface area contributed by atoms with Crippen LogP contribution in [0.3, 0.4) is 0 Å². The van der Waals surface area contributed by atoms with Crippen LogP contribution in [-0.2, 0) is 0 Å². The first-order chi connectivity index (χ1) is 5.75. The standard InChI is InChI=1S/C7H10N4S/c8-6-9-5(4-2-1-3-4)10-7(12)11-6/h4H,1-3H2,(H3,8,9,10,11,12). The molecule has 0 radical (unpaired) electrons. The van der Waals surface area contributed by atoms with Crippen LogP contribution in [0, 0.1) is 4.77 Å². The van der Waals surface area contributed by atoms with Gasteiger partial charge in [0.15, 0.2) is 0 Å². The van der Waals surface area contributed by atoms with Gasteiger partial charge < -0.3 is 10.7 Å². The van der Waals surface area contributed by atoms with Gasteiger partial charge in [-0.05, 0) is 25.1 Å². The highest BCUT2D eigenvalue weighted by Gasteiger charge is 2.21. The number of hydrogen-bond donors (Lipinski definition) is 2. The molecule has 1 aliphatic rings. The summed E-state index contributed by atoms with van der Waals surface area (Å²) in [6.45, 7) is 0. The molecule has 1 aromatic heterocycles. The predicted molar refractivity (Wildman–Crippen MR) is 48.2 cm³/mol. The van der Waals surface area contributed by atoms with Gasteiger partial charge in [0.05, 0.1) is 0 Å². The predicted octanol–water partition coefficient (Wildman–Crippen LogP) is 1.38. The lowest BCUT2D eigenvalue weighted by Gasteiger charge is -2.23. The summed E-state index contributed by atoms with van der Waals surface area (Å²) in [7, 11) is 0. The Labute approximate surface area is 75.2 Å². The SMILES string of the molecule is Nc1nc(=S)nc(C2CCC2)[nH]1. The molecule has 3 N–H and O–H groups in total. The van der Waals surface area contributed by atoms with E-state index in [2.05, 4.69) is 15.0 Å². The van der Waals surface area contributed by atoms with Gasteiger partial charge in [0, 0.05) is 5.92 Å². The quantitative estimate of drug-likeness (QED) is 0.644. The maximum atomic E-state index is 5.50. The van der Waals surface area contributed by atoms with Crippen LogP contribution in [0.1, 0.15) is 31.0 Å². The first-order valence-corrected chi connectivity index (χ1v) is 4.40. The maximum Gasteiger partial charge on any atom is 0.224 e. The minimum absolute atomic E-state index is 0.341. The largest absolute Gasteiger partial charge is 0.369 e. The van der Waals surface area contributed by atoms with Crippen LogP contribution >= 0.6 is 12.2 Å². The Morgan fingerprint density at radius 2 is 2.17 bits per heavy atom. The molecule has 5 heteroatoms. The molecule has 0 saturated heterocycles. The van der Waals surface area contributed by atoms with E-state index in [1.165, 1.54) is 19.3 Å². The third kappa shape index (κ3) is 1.32. The zero-order valence-corrected chi connectivity index (χ0v) is 7.40. The molecule has 0 spiro atoms. The van der Waals surface area contributed by atoms with Gasteiger partial charge >= 0.3 is 0 Å². The van der Waals surface area contributed by atoms with Crippen molar-refractivity contribution < 1.29 is 0 Å². The van der Waals surface area contributed by atoms with Crippen LogP contribution in [-0.4, -0.2) is 15.0 Å². The van der Waals surface area contributed by atoms with Crippen LogP contribution in [0.5, 0.6) is 0 Å². The van der Waals surface area contributed by atoms with Crippen LogP contribution in [0.2, 0.25) is 0 Å². The van der Waals surface area contributed by atoms with Crippen LogP contribution in [0.4, 0.5) is 5.95 Å². The number of anilines is 1. The first kappa shape index (κ1) is 7.67. The van der Waals surface area contributed by atoms with E-state index < -0.39 is 0 Å². The number of nitrogens with zero attached hydrogens (tertiary/aromatic N) is 2. The highest BCUT2D eigenvalue weighted by atomic mass is 32.1. The molecule has 0 aliphatic heterocycles. The van der Waals surface area contributed by atoms with Gasteiger partial charge in [-0.2, -0.15) is 4.98 Å². The lowest BCUT2D eigenvalue weighted by atomic mass is 9.85. The van der Waals surface area contributed by atoms with Crippen molar-refractivity contribution in [1.29, 1.82) is 0 Å². The second kappa shape index (κ2) is 2.82. The number of H-pyrrole nitrogens is 1. The molecule has 12 heavy (non-hydrogen) atoms. The van der Waals surface area contributed by atoms with Gasteiger partial charge in [0.1, 0.15) is 5.82 Å². The van der Waals surface area contributed by atoms with Crippen molar-refractivity contribution in [1.82, 2.24) is 15.0 Å². The Balaban J connectivity index is 2.36. The van der Waals surface area contributed by atoms with E-state index in [4.69, 9.17) is 18.0 Å². The van der Waals surface area contributed by atoms with Crippen molar-refractivity contribution in [3.63, 3.8) is 0 Å². The molecule has 0 bridgehead atoms. The molecule has 1 aliphatic carbocycles. The number of rotatable bonds is 1. The van der Waals surface area contributed by atoms with Gasteiger partial charge in [-0.25, -0.2) is 4.98 Å². The molecule has 0 aromatic carbocycles. The third-order valence-electron chi connectivity index (χ3n) is 2.18. The topological polar surface area (TPSA) is 67.6 Å². The summed E-state index contributed by atoms with van der Waals surface area (Å²) in [6.07, 6.45) is 3.64. The lowest BCUT2D eigenvalue weighted by molar-refractivity contribution is 0.400. The van der Waals surface area contributed by atoms with Crippen molar-refractivity contribution in [2.75, 3.05) is 5.73 Å². The lowest BCUT2D eigenvalue weighted by Crippen LogP contribution is -2.14. The Hall–Kier alpha value is -0.970. The highest BCUT2D eigenvalue weighted by molar-refractivity contribution is 7.71. The molecule has 0 amide bonds. The summed E-state index contributed by atoms with van der Waals surface area (Å²) in [4.78, 5) is 10.9. The summed E-state index contributed by atoms with van der Waals surface area (Å²) >= 11 is 4.86. The monoisotopic (exact) mass is 182 g/mol. The first-order valence-electron chi connectivity index (χ1n) is 3.99. The molecule has 0 atom stereocenters.